The molecule has 0 aliphatic rings. The molecule has 1 nitrogen and oxygen atoms in total. The van der Waals surface area contributed by atoms with Gasteiger partial charge < -0.3 is 0 Å². The average Bonchev–Trinajstić information content (AvgIpc) is 2.05. The van der Waals surface area contributed by atoms with Crippen LogP contribution in [0, 0.1) is 5.92 Å². The van der Waals surface area contributed by atoms with Crippen molar-refractivity contribution in [3.63, 3.8) is 0 Å². The normalized spacial score (nSPS) is 13.3. The third kappa shape index (κ3) is 2.65. The van der Waals surface area contributed by atoms with Gasteiger partial charge in [0.1, 0.15) is 0 Å². The van der Waals surface area contributed by atoms with Gasteiger partial charge in [0.25, 0.3) is 0 Å². The summed E-state index contributed by atoms with van der Waals surface area (Å²) >= 11 is 0. The molecular weight excluding hydrogens is 146 g/mol. The molecule has 1 heteroatoms. The Morgan fingerprint density at radius 3 is 2.50 bits per heavy atom. The maximum Gasteiger partial charge on any atom is 0.0431 e. The van der Waals surface area contributed by atoms with Gasteiger partial charge in [0, 0.05) is 11.9 Å². The van der Waals surface area contributed by atoms with E-state index in [1.165, 1.54) is 12.1 Å². The van der Waals surface area contributed by atoms with Gasteiger partial charge in [-0.25, -0.2) is 0 Å². The van der Waals surface area contributed by atoms with Crippen molar-refractivity contribution in [2.45, 2.75) is 33.1 Å². The molecule has 0 aliphatic carbocycles. The van der Waals surface area contributed by atoms with Crippen LogP contribution in [0.25, 0.3) is 0 Å². The molecule has 0 fully saturated rings. The topological polar surface area (TPSA) is 12.9 Å². The van der Waals surface area contributed by atoms with Gasteiger partial charge >= 0.3 is 0 Å². The first-order valence-corrected chi connectivity index (χ1v) is 4.61. The Morgan fingerprint density at radius 2 is 2.00 bits per heavy atom. The summed E-state index contributed by atoms with van der Waals surface area (Å²) in [6, 6.07) is 6.12. The largest absolute Gasteiger partial charge is 0.261 e. The van der Waals surface area contributed by atoms with Crippen molar-refractivity contribution in [1.82, 2.24) is 4.98 Å². The molecule has 1 rings (SSSR count). The molecule has 0 saturated heterocycles. The van der Waals surface area contributed by atoms with Gasteiger partial charge in [-0.1, -0.05) is 26.8 Å². The first-order valence-electron chi connectivity index (χ1n) is 4.61. The molecule has 0 bridgehead atoms. The second-order valence-corrected chi connectivity index (χ2v) is 3.79. The maximum absolute atomic E-state index is 4.33. The summed E-state index contributed by atoms with van der Waals surface area (Å²) in [5.41, 5.74) is 1.21. The van der Waals surface area contributed by atoms with Crippen molar-refractivity contribution in [2.24, 2.45) is 5.92 Å². The highest BCUT2D eigenvalue weighted by Crippen LogP contribution is 2.20. The Kier molecular flexibility index (Phi) is 3.27. The van der Waals surface area contributed by atoms with Crippen LogP contribution >= 0.6 is 0 Å². The van der Waals surface area contributed by atoms with Crippen molar-refractivity contribution in [3.8, 4) is 0 Å². The van der Waals surface area contributed by atoms with E-state index in [-0.39, 0.29) is 0 Å². The summed E-state index contributed by atoms with van der Waals surface area (Å²) in [5, 5.41) is 0. The molecule has 1 atom stereocenters. The van der Waals surface area contributed by atoms with E-state index >= 15 is 0 Å². The fourth-order valence-electron chi connectivity index (χ4n) is 1.50. The fraction of sp³-hybridized carbons (Fsp3) is 0.545. The monoisotopic (exact) mass is 163 g/mol. The standard InChI is InChI=1S/C11H17N/c1-9(2)8-10(3)11-6-4-5-7-12-11/h4-7,9-10H,8H2,1-3H3/t10-/m1/s1. The molecule has 0 N–H and O–H groups in total. The van der Waals surface area contributed by atoms with Crippen LogP contribution in [0.3, 0.4) is 0 Å². The molecule has 12 heavy (non-hydrogen) atoms. The SMILES string of the molecule is CC(C)C[C@@H](C)c1ccccn1. The third-order valence-corrected chi connectivity index (χ3v) is 2.02. The zero-order chi connectivity index (χ0) is 8.97. The summed E-state index contributed by atoms with van der Waals surface area (Å²) in [6.45, 7) is 6.74. The molecule has 0 unspecified atom stereocenters. The highest BCUT2D eigenvalue weighted by molar-refractivity contribution is 5.08. The molecule has 0 spiro atoms. The Morgan fingerprint density at radius 1 is 1.25 bits per heavy atom. The van der Waals surface area contributed by atoms with Gasteiger partial charge in [0.05, 0.1) is 0 Å². The van der Waals surface area contributed by atoms with E-state index in [0.29, 0.717) is 5.92 Å². The van der Waals surface area contributed by atoms with Crippen molar-refractivity contribution in [1.29, 1.82) is 0 Å². The Balaban J connectivity index is 2.59. The van der Waals surface area contributed by atoms with E-state index in [1.54, 1.807) is 0 Å². The molecule has 0 saturated carbocycles. The van der Waals surface area contributed by atoms with Crippen LogP contribution < -0.4 is 0 Å². The lowest BCUT2D eigenvalue weighted by Crippen LogP contribution is -2.00. The molecule has 1 aromatic rings. The summed E-state index contributed by atoms with van der Waals surface area (Å²) in [4.78, 5) is 4.33. The lowest BCUT2D eigenvalue weighted by Gasteiger charge is -2.12. The highest BCUT2D eigenvalue weighted by atomic mass is 14.7. The van der Waals surface area contributed by atoms with Crippen molar-refractivity contribution in [2.75, 3.05) is 0 Å². The Labute approximate surface area is 74.8 Å². The second-order valence-electron chi connectivity index (χ2n) is 3.79. The first-order chi connectivity index (χ1) is 5.70. The van der Waals surface area contributed by atoms with E-state index in [0.717, 1.165) is 5.92 Å². The van der Waals surface area contributed by atoms with E-state index in [9.17, 15) is 0 Å². The van der Waals surface area contributed by atoms with E-state index in [2.05, 4.69) is 37.9 Å². The van der Waals surface area contributed by atoms with Crippen molar-refractivity contribution in [3.05, 3.63) is 30.1 Å². The number of pyridine rings is 1. The maximum atomic E-state index is 4.33. The predicted octanol–water partition coefficient (Wildman–Crippen LogP) is 3.23. The minimum Gasteiger partial charge on any atom is -0.261 e. The van der Waals surface area contributed by atoms with Gasteiger partial charge in [0.15, 0.2) is 0 Å². The van der Waals surface area contributed by atoms with Crippen LogP contribution in [0.5, 0.6) is 0 Å². The molecule has 1 aromatic heterocycles. The third-order valence-electron chi connectivity index (χ3n) is 2.02. The number of hydrogen-bond donors (Lipinski definition) is 0. The number of aromatic nitrogens is 1. The van der Waals surface area contributed by atoms with Crippen LogP contribution in [-0.2, 0) is 0 Å². The van der Waals surface area contributed by atoms with Gasteiger partial charge in [-0.05, 0) is 30.4 Å². The van der Waals surface area contributed by atoms with Crippen LogP contribution in [0.1, 0.15) is 38.8 Å². The molecule has 66 valence electrons. The second kappa shape index (κ2) is 4.24. The average molecular weight is 163 g/mol. The van der Waals surface area contributed by atoms with Gasteiger partial charge in [0.2, 0.25) is 0 Å². The van der Waals surface area contributed by atoms with Crippen molar-refractivity contribution < 1.29 is 0 Å². The zero-order valence-electron chi connectivity index (χ0n) is 8.12. The van der Waals surface area contributed by atoms with Crippen LogP contribution in [0.2, 0.25) is 0 Å². The summed E-state index contributed by atoms with van der Waals surface area (Å²) in [7, 11) is 0. The van der Waals surface area contributed by atoms with Crippen molar-refractivity contribution >= 4 is 0 Å². The molecule has 0 aliphatic heterocycles. The van der Waals surface area contributed by atoms with E-state index in [1.807, 2.05) is 12.3 Å². The van der Waals surface area contributed by atoms with E-state index < -0.39 is 0 Å². The molecule has 1 heterocycles. The zero-order valence-corrected chi connectivity index (χ0v) is 8.12. The summed E-state index contributed by atoms with van der Waals surface area (Å²) in [5.74, 6) is 1.34. The number of hydrogen-bond acceptors (Lipinski definition) is 1. The van der Waals surface area contributed by atoms with Crippen LogP contribution in [0.4, 0.5) is 0 Å². The predicted molar refractivity (Wildman–Crippen MR) is 52.1 cm³/mol. The van der Waals surface area contributed by atoms with Crippen LogP contribution in [0.15, 0.2) is 24.4 Å². The summed E-state index contributed by atoms with van der Waals surface area (Å²) in [6.07, 6.45) is 3.09. The number of nitrogens with zero attached hydrogens (tertiary/aromatic N) is 1. The molecule has 0 radical (unpaired) electrons. The van der Waals surface area contributed by atoms with Crippen LogP contribution in [-0.4, -0.2) is 4.98 Å². The first kappa shape index (κ1) is 9.24. The van der Waals surface area contributed by atoms with Gasteiger partial charge in [-0.3, -0.25) is 4.98 Å². The van der Waals surface area contributed by atoms with Gasteiger partial charge in [-0.2, -0.15) is 0 Å². The Hall–Kier alpha value is -0.850. The highest BCUT2D eigenvalue weighted by Gasteiger charge is 2.07. The molecular formula is C11H17N. The Bertz CT molecular complexity index is 216. The molecule has 0 amide bonds. The lowest BCUT2D eigenvalue weighted by molar-refractivity contribution is 0.516. The van der Waals surface area contributed by atoms with E-state index in [4.69, 9.17) is 0 Å². The summed E-state index contributed by atoms with van der Waals surface area (Å²) < 4.78 is 0. The lowest BCUT2D eigenvalue weighted by atomic mass is 9.96. The fourth-order valence-corrected chi connectivity index (χ4v) is 1.50. The minimum absolute atomic E-state index is 0.589. The molecule has 0 aromatic carbocycles. The smallest absolute Gasteiger partial charge is 0.0431 e. The van der Waals surface area contributed by atoms with Gasteiger partial charge in [-0.15, -0.1) is 0 Å². The quantitative estimate of drug-likeness (QED) is 0.666. The minimum atomic E-state index is 0.589. The number of rotatable bonds is 3.